The fourth-order valence-corrected chi connectivity index (χ4v) is 3.59. The van der Waals surface area contributed by atoms with Crippen LogP contribution in [0.5, 0.6) is 0 Å². The number of thiophene rings is 1. The molecule has 2 rings (SSSR count). The largest absolute Gasteiger partial charge is 0.462 e. The number of ketones is 1. The Balaban J connectivity index is 2.26. The summed E-state index contributed by atoms with van der Waals surface area (Å²) < 4.78 is 10.1. The summed E-state index contributed by atoms with van der Waals surface area (Å²) in [5.41, 5.74) is 1.20. The maximum Gasteiger partial charge on any atom is 0.348 e. The van der Waals surface area contributed by atoms with Gasteiger partial charge < -0.3 is 14.8 Å². The molecular formula is C19H20ClNO5S. The van der Waals surface area contributed by atoms with Crippen LogP contribution in [0, 0.1) is 6.92 Å². The third kappa shape index (κ3) is 5.08. The fraction of sp³-hybridized carbons (Fsp3) is 0.316. The number of ether oxygens (including phenoxy) is 2. The van der Waals surface area contributed by atoms with Crippen LogP contribution in [0.25, 0.3) is 0 Å². The van der Waals surface area contributed by atoms with Crippen LogP contribution >= 0.6 is 22.9 Å². The van der Waals surface area contributed by atoms with Crippen molar-refractivity contribution in [3.8, 4) is 0 Å². The number of carbonyl (C=O) groups is 3. The number of Topliss-reactive ketones (excluding diaryl/α,β-unsaturated/α-hetero) is 1. The molecule has 1 aromatic heterocycles. The van der Waals surface area contributed by atoms with Gasteiger partial charge in [-0.05, 0) is 50.6 Å². The van der Waals surface area contributed by atoms with Crippen LogP contribution in [-0.4, -0.2) is 37.5 Å². The van der Waals surface area contributed by atoms with Crippen molar-refractivity contribution in [2.24, 2.45) is 0 Å². The monoisotopic (exact) mass is 409 g/mol. The summed E-state index contributed by atoms with van der Waals surface area (Å²) in [6, 6.07) is 6.52. The Hall–Kier alpha value is -2.38. The molecule has 8 heteroatoms. The molecule has 1 heterocycles. The Bertz CT molecular complexity index is 845. The highest BCUT2D eigenvalue weighted by Gasteiger charge is 2.26. The Morgan fingerprint density at radius 2 is 1.63 bits per heavy atom. The lowest BCUT2D eigenvalue weighted by atomic mass is 10.1. The van der Waals surface area contributed by atoms with Gasteiger partial charge in [-0.15, -0.1) is 11.3 Å². The first-order chi connectivity index (χ1) is 12.9. The maximum atomic E-state index is 12.4. The van der Waals surface area contributed by atoms with E-state index in [1.165, 1.54) is 0 Å². The second-order valence-corrected chi connectivity index (χ2v) is 6.94. The molecule has 0 amide bonds. The molecule has 0 bridgehead atoms. The van der Waals surface area contributed by atoms with Gasteiger partial charge in [0.1, 0.15) is 9.88 Å². The molecule has 0 saturated carbocycles. The van der Waals surface area contributed by atoms with Crippen LogP contribution < -0.4 is 5.32 Å². The summed E-state index contributed by atoms with van der Waals surface area (Å²) in [6.07, 6.45) is 0. The smallest absolute Gasteiger partial charge is 0.348 e. The van der Waals surface area contributed by atoms with Crippen LogP contribution in [0.2, 0.25) is 5.02 Å². The second kappa shape index (κ2) is 9.53. The van der Waals surface area contributed by atoms with Crippen LogP contribution in [0.3, 0.4) is 0 Å². The first-order valence-corrected chi connectivity index (χ1v) is 9.58. The Morgan fingerprint density at radius 1 is 1.04 bits per heavy atom. The maximum absolute atomic E-state index is 12.4. The Morgan fingerprint density at radius 3 is 2.22 bits per heavy atom. The number of esters is 2. The highest BCUT2D eigenvalue weighted by Crippen LogP contribution is 2.34. The van der Waals surface area contributed by atoms with E-state index in [9.17, 15) is 14.4 Å². The van der Waals surface area contributed by atoms with E-state index in [4.69, 9.17) is 21.1 Å². The topological polar surface area (TPSA) is 81.7 Å². The van der Waals surface area contributed by atoms with E-state index in [2.05, 4.69) is 5.32 Å². The van der Waals surface area contributed by atoms with Crippen molar-refractivity contribution < 1.29 is 23.9 Å². The normalized spacial score (nSPS) is 10.4. The molecule has 0 aliphatic carbocycles. The van der Waals surface area contributed by atoms with E-state index >= 15 is 0 Å². The molecule has 1 N–H and O–H groups in total. The zero-order valence-corrected chi connectivity index (χ0v) is 16.8. The summed E-state index contributed by atoms with van der Waals surface area (Å²) in [6.45, 7) is 5.44. The average Bonchev–Trinajstić information content (AvgIpc) is 2.97. The summed E-state index contributed by atoms with van der Waals surface area (Å²) in [7, 11) is 0. The van der Waals surface area contributed by atoms with Crippen molar-refractivity contribution in [1.82, 2.24) is 0 Å². The first kappa shape index (κ1) is 20.9. The number of hydrogen-bond donors (Lipinski definition) is 1. The summed E-state index contributed by atoms with van der Waals surface area (Å²) in [5.74, 6) is -1.24. The van der Waals surface area contributed by atoms with Gasteiger partial charge in [-0.1, -0.05) is 11.6 Å². The minimum atomic E-state index is -0.553. The number of nitrogens with one attached hydrogen (secondary N) is 1. The van der Waals surface area contributed by atoms with Gasteiger partial charge >= 0.3 is 11.9 Å². The highest BCUT2D eigenvalue weighted by atomic mass is 35.5. The van der Waals surface area contributed by atoms with Gasteiger partial charge in [0, 0.05) is 10.6 Å². The molecule has 0 aliphatic heterocycles. The van der Waals surface area contributed by atoms with Gasteiger partial charge in [0.2, 0.25) is 0 Å². The lowest BCUT2D eigenvalue weighted by Gasteiger charge is -2.07. The van der Waals surface area contributed by atoms with Gasteiger partial charge in [0.25, 0.3) is 0 Å². The van der Waals surface area contributed by atoms with Crippen LogP contribution in [0.1, 0.15) is 49.8 Å². The van der Waals surface area contributed by atoms with Gasteiger partial charge in [-0.3, -0.25) is 4.79 Å². The summed E-state index contributed by atoms with van der Waals surface area (Å²) in [4.78, 5) is 37.1. The highest BCUT2D eigenvalue weighted by molar-refractivity contribution is 7.18. The number of anilines is 1. The SMILES string of the molecule is CCOC(=O)c1sc(NCC(=O)c2ccc(Cl)cc2)c(C(=O)OCC)c1C. The molecule has 0 aliphatic rings. The van der Waals surface area contributed by atoms with Crippen molar-refractivity contribution in [1.29, 1.82) is 0 Å². The lowest BCUT2D eigenvalue weighted by Crippen LogP contribution is -2.16. The molecule has 0 saturated heterocycles. The molecule has 2 aromatic rings. The predicted molar refractivity (Wildman–Crippen MR) is 105 cm³/mol. The summed E-state index contributed by atoms with van der Waals surface area (Å²) >= 11 is 6.90. The van der Waals surface area contributed by atoms with Crippen molar-refractivity contribution in [2.45, 2.75) is 20.8 Å². The lowest BCUT2D eigenvalue weighted by molar-refractivity contribution is 0.0527. The van der Waals surface area contributed by atoms with Gasteiger partial charge in [0.05, 0.1) is 25.3 Å². The third-order valence-electron chi connectivity index (χ3n) is 3.66. The zero-order valence-electron chi connectivity index (χ0n) is 15.3. The van der Waals surface area contributed by atoms with Gasteiger partial charge in [-0.25, -0.2) is 9.59 Å². The Labute approximate surface area is 166 Å². The minimum absolute atomic E-state index is 0.0454. The molecular weight excluding hydrogens is 390 g/mol. The molecule has 0 unspecified atom stereocenters. The number of carbonyl (C=O) groups excluding carboxylic acids is 3. The Kier molecular flexibility index (Phi) is 7.38. The molecule has 0 fully saturated rings. The molecule has 6 nitrogen and oxygen atoms in total. The molecule has 0 spiro atoms. The zero-order chi connectivity index (χ0) is 20.0. The number of benzene rings is 1. The van der Waals surface area contributed by atoms with E-state index < -0.39 is 11.9 Å². The van der Waals surface area contributed by atoms with Crippen molar-refractivity contribution in [2.75, 3.05) is 25.1 Å². The molecule has 0 atom stereocenters. The number of hydrogen-bond acceptors (Lipinski definition) is 7. The van der Waals surface area contributed by atoms with Gasteiger partial charge in [0.15, 0.2) is 5.78 Å². The van der Waals surface area contributed by atoms with E-state index in [0.717, 1.165) is 11.3 Å². The second-order valence-electron chi connectivity index (χ2n) is 5.48. The van der Waals surface area contributed by atoms with Crippen LogP contribution in [0.4, 0.5) is 5.00 Å². The molecule has 1 aromatic carbocycles. The van der Waals surface area contributed by atoms with Crippen LogP contribution in [-0.2, 0) is 9.47 Å². The number of rotatable bonds is 8. The molecule has 0 radical (unpaired) electrons. The van der Waals surface area contributed by atoms with E-state index in [0.29, 0.717) is 26.0 Å². The van der Waals surface area contributed by atoms with Crippen molar-refractivity contribution in [3.05, 3.63) is 50.9 Å². The van der Waals surface area contributed by atoms with E-state index in [1.807, 2.05) is 0 Å². The van der Waals surface area contributed by atoms with Gasteiger partial charge in [-0.2, -0.15) is 0 Å². The fourth-order valence-electron chi connectivity index (χ4n) is 2.38. The molecule has 27 heavy (non-hydrogen) atoms. The quantitative estimate of drug-likeness (QED) is 0.515. The molecule has 144 valence electrons. The standard InChI is InChI=1S/C19H20ClNO5S/c1-4-25-18(23)15-11(3)16(19(24)26-5-2)27-17(15)21-10-14(22)12-6-8-13(20)9-7-12/h6-9,21H,4-5,10H2,1-3H3. The van der Waals surface area contributed by atoms with Crippen molar-refractivity contribution >= 4 is 45.7 Å². The van der Waals surface area contributed by atoms with E-state index in [-0.39, 0.29) is 31.1 Å². The predicted octanol–water partition coefficient (Wildman–Crippen LogP) is 4.36. The average molecular weight is 410 g/mol. The van der Waals surface area contributed by atoms with Crippen molar-refractivity contribution in [3.63, 3.8) is 0 Å². The third-order valence-corrected chi connectivity index (χ3v) is 5.14. The number of halogens is 1. The minimum Gasteiger partial charge on any atom is -0.462 e. The van der Waals surface area contributed by atoms with E-state index in [1.54, 1.807) is 45.0 Å². The van der Waals surface area contributed by atoms with Crippen LogP contribution in [0.15, 0.2) is 24.3 Å². The first-order valence-electron chi connectivity index (χ1n) is 8.39. The summed E-state index contributed by atoms with van der Waals surface area (Å²) in [5, 5.41) is 3.89.